The van der Waals surface area contributed by atoms with Crippen LogP contribution in [0, 0.1) is 0 Å². The Hall–Kier alpha value is -1.11. The van der Waals surface area contributed by atoms with Gasteiger partial charge >= 0.3 is 0 Å². The number of hydrogen-bond acceptors (Lipinski definition) is 6. The second-order valence-electron chi connectivity index (χ2n) is 3.91. The van der Waals surface area contributed by atoms with Gasteiger partial charge in [0.15, 0.2) is 4.34 Å². The van der Waals surface area contributed by atoms with Crippen molar-refractivity contribution in [3.8, 4) is 0 Å². The fraction of sp³-hybridized carbons (Fsp3) is 0.273. The number of hydrogen-bond donors (Lipinski definition) is 2. The fourth-order valence-corrected chi connectivity index (χ4v) is 4.07. The van der Waals surface area contributed by atoms with E-state index in [1.807, 2.05) is 12.1 Å². The third-order valence-corrected chi connectivity index (χ3v) is 4.98. The van der Waals surface area contributed by atoms with Crippen molar-refractivity contribution in [2.45, 2.75) is 22.1 Å². The highest BCUT2D eigenvalue weighted by Crippen LogP contribution is 2.45. The van der Waals surface area contributed by atoms with Gasteiger partial charge in [-0.2, -0.15) is 0 Å². The molecule has 1 aromatic carbocycles. The lowest BCUT2D eigenvalue weighted by atomic mass is 10.1. The second-order valence-corrected chi connectivity index (χ2v) is 6.31. The summed E-state index contributed by atoms with van der Waals surface area (Å²) in [7, 11) is 0. The van der Waals surface area contributed by atoms with Crippen molar-refractivity contribution in [2.75, 3.05) is 5.73 Å². The Balaban J connectivity index is 1.88. The van der Waals surface area contributed by atoms with Crippen molar-refractivity contribution < 1.29 is 5.11 Å². The molecule has 0 amide bonds. The molecule has 3 rings (SSSR count). The largest absolute Gasteiger partial charge is 0.391 e. The number of aliphatic hydroxyl groups excluding tert-OH is 1. The first kappa shape index (κ1) is 11.0. The van der Waals surface area contributed by atoms with E-state index < -0.39 is 0 Å². The molecule has 0 radical (unpaired) electrons. The van der Waals surface area contributed by atoms with E-state index in [4.69, 9.17) is 5.73 Å². The number of rotatable bonds is 2. The molecule has 2 atom stereocenters. The molecule has 88 valence electrons. The average Bonchev–Trinajstić information content (AvgIpc) is 2.85. The summed E-state index contributed by atoms with van der Waals surface area (Å²) in [6.45, 7) is 0. The van der Waals surface area contributed by atoms with Crippen molar-refractivity contribution in [2.24, 2.45) is 0 Å². The van der Waals surface area contributed by atoms with Gasteiger partial charge in [-0.3, -0.25) is 0 Å². The smallest absolute Gasteiger partial charge is 0.203 e. The molecule has 1 aliphatic carbocycles. The number of aromatic nitrogens is 2. The van der Waals surface area contributed by atoms with E-state index in [0.717, 1.165) is 4.34 Å². The van der Waals surface area contributed by atoms with Crippen LogP contribution in [-0.2, 0) is 6.42 Å². The van der Waals surface area contributed by atoms with Gasteiger partial charge in [0, 0.05) is 6.42 Å². The minimum absolute atomic E-state index is 0.0403. The van der Waals surface area contributed by atoms with Crippen LogP contribution in [0.2, 0.25) is 0 Å². The predicted octanol–water partition coefficient (Wildman–Crippen LogP) is 1.87. The van der Waals surface area contributed by atoms with Gasteiger partial charge in [0.25, 0.3) is 0 Å². The molecule has 2 aromatic rings. The summed E-state index contributed by atoms with van der Waals surface area (Å²) in [4.78, 5) is 0. The quantitative estimate of drug-likeness (QED) is 0.867. The third kappa shape index (κ3) is 2.03. The van der Waals surface area contributed by atoms with Gasteiger partial charge in [0.1, 0.15) is 0 Å². The Morgan fingerprint density at radius 1 is 1.35 bits per heavy atom. The Bertz CT molecular complexity index is 543. The highest BCUT2D eigenvalue weighted by Gasteiger charge is 2.32. The highest BCUT2D eigenvalue weighted by molar-refractivity contribution is 8.01. The van der Waals surface area contributed by atoms with Crippen LogP contribution in [0.5, 0.6) is 0 Å². The SMILES string of the molecule is Nc1nnc(S[C@@H]2c3ccccc3C[C@H]2O)s1. The topological polar surface area (TPSA) is 72.0 Å². The van der Waals surface area contributed by atoms with E-state index in [1.54, 1.807) is 0 Å². The van der Waals surface area contributed by atoms with Gasteiger partial charge in [-0.15, -0.1) is 10.2 Å². The molecule has 0 bridgehead atoms. The first-order chi connectivity index (χ1) is 8.24. The van der Waals surface area contributed by atoms with Crippen LogP contribution < -0.4 is 5.73 Å². The molecule has 0 saturated carbocycles. The maximum absolute atomic E-state index is 10.1. The van der Waals surface area contributed by atoms with Crippen molar-refractivity contribution in [3.63, 3.8) is 0 Å². The lowest BCUT2D eigenvalue weighted by molar-refractivity contribution is 0.184. The lowest BCUT2D eigenvalue weighted by Crippen LogP contribution is -2.09. The molecule has 0 spiro atoms. The number of nitrogens with two attached hydrogens (primary N) is 1. The molecule has 4 nitrogen and oxygen atoms in total. The average molecular weight is 265 g/mol. The third-order valence-electron chi connectivity index (χ3n) is 2.79. The maximum atomic E-state index is 10.1. The predicted molar refractivity (Wildman–Crippen MR) is 69.1 cm³/mol. The van der Waals surface area contributed by atoms with Crippen molar-refractivity contribution in [1.82, 2.24) is 10.2 Å². The Labute approximate surface area is 107 Å². The summed E-state index contributed by atoms with van der Waals surface area (Å²) >= 11 is 2.90. The summed E-state index contributed by atoms with van der Waals surface area (Å²) in [5.41, 5.74) is 7.96. The van der Waals surface area contributed by atoms with E-state index in [-0.39, 0.29) is 11.4 Å². The standard InChI is InChI=1S/C11H11N3OS2/c12-10-13-14-11(17-10)16-9-7-4-2-1-3-6(7)5-8(9)15/h1-4,8-9,15H,5H2,(H2,12,13)/t8-,9-/m1/s1. The van der Waals surface area contributed by atoms with E-state index in [1.165, 1.54) is 34.2 Å². The van der Waals surface area contributed by atoms with Crippen LogP contribution >= 0.6 is 23.1 Å². The number of thioether (sulfide) groups is 1. The molecule has 1 aliphatic rings. The Morgan fingerprint density at radius 2 is 2.18 bits per heavy atom. The van der Waals surface area contributed by atoms with E-state index in [0.29, 0.717) is 11.6 Å². The summed E-state index contributed by atoms with van der Waals surface area (Å²) < 4.78 is 0.809. The fourth-order valence-electron chi connectivity index (χ4n) is 2.06. The molecule has 17 heavy (non-hydrogen) atoms. The number of nitrogen functional groups attached to an aromatic ring is 1. The normalized spacial score (nSPS) is 22.6. The first-order valence-corrected chi connectivity index (χ1v) is 6.95. The summed E-state index contributed by atoms with van der Waals surface area (Å²) in [6, 6.07) is 8.13. The molecule has 0 unspecified atom stereocenters. The molecule has 1 aromatic heterocycles. The first-order valence-electron chi connectivity index (χ1n) is 5.25. The van der Waals surface area contributed by atoms with E-state index >= 15 is 0 Å². The summed E-state index contributed by atoms with van der Waals surface area (Å²) in [5, 5.41) is 18.4. The van der Waals surface area contributed by atoms with Gasteiger partial charge in [0.2, 0.25) is 5.13 Å². The highest BCUT2D eigenvalue weighted by atomic mass is 32.2. The van der Waals surface area contributed by atoms with Gasteiger partial charge < -0.3 is 10.8 Å². The maximum Gasteiger partial charge on any atom is 0.203 e. The number of fused-ring (bicyclic) bond motifs is 1. The van der Waals surface area contributed by atoms with Gasteiger partial charge in [0.05, 0.1) is 11.4 Å². The van der Waals surface area contributed by atoms with Crippen molar-refractivity contribution in [3.05, 3.63) is 35.4 Å². The second kappa shape index (κ2) is 4.29. The van der Waals surface area contributed by atoms with Crippen LogP contribution in [0.3, 0.4) is 0 Å². The molecular formula is C11H11N3OS2. The van der Waals surface area contributed by atoms with Crippen LogP contribution in [0.15, 0.2) is 28.6 Å². The van der Waals surface area contributed by atoms with Crippen molar-refractivity contribution >= 4 is 28.2 Å². The minimum atomic E-state index is -0.359. The zero-order valence-electron chi connectivity index (χ0n) is 8.91. The van der Waals surface area contributed by atoms with Crippen molar-refractivity contribution in [1.29, 1.82) is 0 Å². The molecule has 6 heteroatoms. The monoisotopic (exact) mass is 265 g/mol. The van der Waals surface area contributed by atoms with E-state index in [9.17, 15) is 5.11 Å². The zero-order valence-corrected chi connectivity index (χ0v) is 10.5. The van der Waals surface area contributed by atoms with E-state index in [2.05, 4.69) is 22.3 Å². The molecule has 0 fully saturated rings. The summed E-state index contributed by atoms with van der Waals surface area (Å²) in [6.07, 6.45) is 0.352. The lowest BCUT2D eigenvalue weighted by Gasteiger charge is -2.12. The Morgan fingerprint density at radius 3 is 2.94 bits per heavy atom. The van der Waals surface area contributed by atoms with Crippen LogP contribution in [-0.4, -0.2) is 21.4 Å². The van der Waals surface area contributed by atoms with Gasteiger partial charge in [-0.25, -0.2) is 0 Å². The van der Waals surface area contributed by atoms with Gasteiger partial charge in [-0.1, -0.05) is 47.4 Å². The van der Waals surface area contributed by atoms with Crippen LogP contribution in [0.25, 0.3) is 0 Å². The van der Waals surface area contributed by atoms with Crippen LogP contribution in [0.4, 0.5) is 5.13 Å². The Kier molecular flexibility index (Phi) is 2.78. The molecule has 3 N–H and O–H groups in total. The number of aliphatic hydroxyl groups is 1. The molecular weight excluding hydrogens is 254 g/mol. The number of nitrogens with zero attached hydrogens (tertiary/aromatic N) is 2. The molecule has 1 heterocycles. The van der Waals surface area contributed by atoms with Crippen LogP contribution in [0.1, 0.15) is 16.4 Å². The summed E-state index contributed by atoms with van der Waals surface area (Å²) in [5.74, 6) is 0. The zero-order chi connectivity index (χ0) is 11.8. The minimum Gasteiger partial charge on any atom is -0.391 e. The molecule has 0 saturated heterocycles. The van der Waals surface area contributed by atoms with Gasteiger partial charge in [-0.05, 0) is 11.1 Å². The number of anilines is 1. The number of benzene rings is 1. The molecule has 0 aliphatic heterocycles.